The molecule has 4 heteroatoms. The molecule has 0 aliphatic carbocycles. The topological polar surface area (TPSA) is 36.4 Å². The number of hydrogen-bond acceptors (Lipinski definition) is 3. The van der Waals surface area contributed by atoms with E-state index in [1.165, 1.54) is 0 Å². The number of nitrogens with zero attached hydrogens (tertiary/aromatic N) is 3. The van der Waals surface area contributed by atoms with E-state index in [1.54, 1.807) is 6.07 Å². The molecule has 1 aromatic rings. The number of carbonyl (C=O) groups is 1. The molecule has 1 fully saturated rings. The van der Waals surface area contributed by atoms with Crippen molar-refractivity contribution in [1.29, 1.82) is 0 Å². The van der Waals surface area contributed by atoms with E-state index in [0.717, 1.165) is 38.3 Å². The summed E-state index contributed by atoms with van der Waals surface area (Å²) in [7, 11) is 2.10. The third kappa shape index (κ3) is 3.03. The van der Waals surface area contributed by atoms with Crippen molar-refractivity contribution in [3.8, 4) is 0 Å². The molecule has 1 aliphatic heterocycles. The van der Waals surface area contributed by atoms with Gasteiger partial charge in [0.2, 0.25) is 0 Å². The van der Waals surface area contributed by atoms with Gasteiger partial charge in [-0.25, -0.2) is 4.98 Å². The molecule has 2 heterocycles. The molecule has 0 spiro atoms. The van der Waals surface area contributed by atoms with Gasteiger partial charge in [0.25, 0.3) is 5.91 Å². The molecule has 0 radical (unpaired) electrons. The number of aryl methyl sites for hydroxylation is 1. The van der Waals surface area contributed by atoms with Crippen LogP contribution >= 0.6 is 0 Å². The summed E-state index contributed by atoms with van der Waals surface area (Å²) in [6.45, 7) is 5.54. The maximum absolute atomic E-state index is 12.3. The van der Waals surface area contributed by atoms with Gasteiger partial charge in [-0.2, -0.15) is 0 Å². The Kier molecular flexibility index (Phi) is 3.74. The van der Waals surface area contributed by atoms with Gasteiger partial charge in [0.1, 0.15) is 5.69 Å². The average molecular weight is 233 g/mol. The summed E-state index contributed by atoms with van der Waals surface area (Å²) in [6.07, 6.45) is 1.04. The van der Waals surface area contributed by atoms with Gasteiger partial charge in [-0.3, -0.25) is 4.79 Å². The SMILES string of the molecule is Cc1cccc(C(=O)N2CCCN(C)CC2)n1. The molecular formula is C13H19N3O. The molecule has 17 heavy (non-hydrogen) atoms. The van der Waals surface area contributed by atoms with Crippen molar-refractivity contribution < 1.29 is 4.79 Å². The Balaban J connectivity index is 2.09. The lowest BCUT2D eigenvalue weighted by atomic mass is 10.2. The van der Waals surface area contributed by atoms with E-state index >= 15 is 0 Å². The first-order valence-corrected chi connectivity index (χ1v) is 6.08. The highest BCUT2D eigenvalue weighted by Crippen LogP contribution is 2.07. The highest BCUT2D eigenvalue weighted by Gasteiger charge is 2.19. The first kappa shape index (κ1) is 12.0. The van der Waals surface area contributed by atoms with Crippen LogP contribution < -0.4 is 0 Å². The Morgan fingerprint density at radius 2 is 2.06 bits per heavy atom. The summed E-state index contributed by atoms with van der Waals surface area (Å²) in [5.41, 5.74) is 1.46. The molecule has 0 atom stereocenters. The minimum absolute atomic E-state index is 0.0593. The van der Waals surface area contributed by atoms with Crippen molar-refractivity contribution in [3.05, 3.63) is 29.6 Å². The van der Waals surface area contributed by atoms with Crippen LogP contribution in [0.3, 0.4) is 0 Å². The minimum atomic E-state index is 0.0593. The maximum atomic E-state index is 12.3. The molecule has 1 amide bonds. The summed E-state index contributed by atoms with van der Waals surface area (Å²) in [5, 5.41) is 0. The molecule has 92 valence electrons. The molecule has 0 aromatic carbocycles. The van der Waals surface area contributed by atoms with Crippen molar-refractivity contribution >= 4 is 5.91 Å². The van der Waals surface area contributed by atoms with E-state index in [2.05, 4.69) is 16.9 Å². The van der Waals surface area contributed by atoms with Crippen molar-refractivity contribution in [3.63, 3.8) is 0 Å². The molecule has 0 unspecified atom stereocenters. The Morgan fingerprint density at radius 1 is 1.24 bits per heavy atom. The van der Waals surface area contributed by atoms with Gasteiger partial charge in [0.15, 0.2) is 0 Å². The molecule has 1 aliphatic rings. The number of hydrogen-bond donors (Lipinski definition) is 0. The Morgan fingerprint density at radius 3 is 2.82 bits per heavy atom. The lowest BCUT2D eigenvalue weighted by Gasteiger charge is -2.20. The second kappa shape index (κ2) is 5.27. The second-order valence-corrected chi connectivity index (χ2v) is 4.61. The zero-order valence-corrected chi connectivity index (χ0v) is 10.5. The number of aromatic nitrogens is 1. The van der Waals surface area contributed by atoms with Crippen LogP contribution in [-0.2, 0) is 0 Å². The minimum Gasteiger partial charge on any atom is -0.336 e. The molecule has 2 rings (SSSR count). The third-order valence-corrected chi connectivity index (χ3v) is 3.11. The van der Waals surface area contributed by atoms with Gasteiger partial charge in [0, 0.05) is 25.3 Å². The largest absolute Gasteiger partial charge is 0.336 e. The van der Waals surface area contributed by atoms with Gasteiger partial charge in [0.05, 0.1) is 0 Å². The monoisotopic (exact) mass is 233 g/mol. The van der Waals surface area contributed by atoms with E-state index in [9.17, 15) is 4.79 Å². The lowest BCUT2D eigenvalue weighted by Crippen LogP contribution is -2.35. The van der Waals surface area contributed by atoms with Crippen LogP contribution in [0.15, 0.2) is 18.2 Å². The van der Waals surface area contributed by atoms with Crippen molar-refractivity contribution in [2.75, 3.05) is 33.2 Å². The van der Waals surface area contributed by atoms with Crippen LogP contribution in [0, 0.1) is 6.92 Å². The number of amides is 1. The Hall–Kier alpha value is -1.42. The molecule has 0 bridgehead atoms. The molecule has 0 N–H and O–H groups in total. The van der Waals surface area contributed by atoms with Gasteiger partial charge in [-0.15, -0.1) is 0 Å². The number of pyridine rings is 1. The fraction of sp³-hybridized carbons (Fsp3) is 0.538. The van der Waals surface area contributed by atoms with Gasteiger partial charge in [-0.1, -0.05) is 6.07 Å². The summed E-state index contributed by atoms with van der Waals surface area (Å²) in [5.74, 6) is 0.0593. The standard InChI is InChI=1S/C13H19N3O/c1-11-5-3-6-12(14-11)13(17)16-8-4-7-15(2)9-10-16/h3,5-6H,4,7-10H2,1-2H3. The zero-order valence-electron chi connectivity index (χ0n) is 10.5. The molecule has 4 nitrogen and oxygen atoms in total. The highest BCUT2D eigenvalue weighted by molar-refractivity contribution is 5.92. The quantitative estimate of drug-likeness (QED) is 0.730. The second-order valence-electron chi connectivity index (χ2n) is 4.61. The first-order chi connectivity index (χ1) is 8.16. The van der Waals surface area contributed by atoms with Crippen molar-refractivity contribution in [2.24, 2.45) is 0 Å². The zero-order chi connectivity index (χ0) is 12.3. The Bertz CT molecular complexity index is 405. The van der Waals surface area contributed by atoms with Gasteiger partial charge in [-0.05, 0) is 39.1 Å². The maximum Gasteiger partial charge on any atom is 0.272 e. The van der Waals surface area contributed by atoms with Crippen LogP contribution in [0.1, 0.15) is 22.6 Å². The number of likely N-dealkylation sites (N-methyl/N-ethyl adjacent to an activating group) is 1. The third-order valence-electron chi connectivity index (χ3n) is 3.11. The summed E-state index contributed by atoms with van der Waals surface area (Å²) in [4.78, 5) is 20.7. The number of rotatable bonds is 1. The highest BCUT2D eigenvalue weighted by atomic mass is 16.2. The van der Waals surface area contributed by atoms with Crippen LogP contribution in [0.2, 0.25) is 0 Å². The summed E-state index contributed by atoms with van der Waals surface area (Å²) < 4.78 is 0. The van der Waals surface area contributed by atoms with E-state index in [1.807, 2.05) is 24.0 Å². The lowest BCUT2D eigenvalue weighted by molar-refractivity contribution is 0.0756. The fourth-order valence-electron chi connectivity index (χ4n) is 2.07. The van der Waals surface area contributed by atoms with E-state index < -0.39 is 0 Å². The van der Waals surface area contributed by atoms with Crippen molar-refractivity contribution in [2.45, 2.75) is 13.3 Å². The Labute approximate surface area is 102 Å². The normalized spacial score (nSPS) is 17.9. The van der Waals surface area contributed by atoms with Crippen LogP contribution in [-0.4, -0.2) is 53.9 Å². The molecule has 1 saturated heterocycles. The van der Waals surface area contributed by atoms with Gasteiger partial charge < -0.3 is 9.80 Å². The summed E-state index contributed by atoms with van der Waals surface area (Å²) in [6, 6.07) is 5.59. The smallest absolute Gasteiger partial charge is 0.272 e. The van der Waals surface area contributed by atoms with Crippen LogP contribution in [0.4, 0.5) is 0 Å². The summed E-state index contributed by atoms with van der Waals surface area (Å²) >= 11 is 0. The predicted octanol–water partition coefficient (Wildman–Crippen LogP) is 1.17. The predicted molar refractivity (Wildman–Crippen MR) is 67.0 cm³/mol. The molecular weight excluding hydrogens is 214 g/mol. The van der Waals surface area contributed by atoms with Crippen LogP contribution in [0.5, 0.6) is 0 Å². The van der Waals surface area contributed by atoms with Crippen molar-refractivity contribution in [1.82, 2.24) is 14.8 Å². The van der Waals surface area contributed by atoms with E-state index in [-0.39, 0.29) is 5.91 Å². The van der Waals surface area contributed by atoms with E-state index in [4.69, 9.17) is 0 Å². The first-order valence-electron chi connectivity index (χ1n) is 6.08. The van der Waals surface area contributed by atoms with E-state index in [0.29, 0.717) is 5.69 Å². The molecule has 0 saturated carbocycles. The molecule has 1 aromatic heterocycles. The number of carbonyl (C=O) groups excluding carboxylic acids is 1. The van der Waals surface area contributed by atoms with Gasteiger partial charge >= 0.3 is 0 Å². The van der Waals surface area contributed by atoms with Crippen LogP contribution in [0.25, 0.3) is 0 Å². The average Bonchev–Trinajstić information content (AvgIpc) is 2.53. The fourth-order valence-corrected chi connectivity index (χ4v) is 2.07.